The van der Waals surface area contributed by atoms with Crippen molar-refractivity contribution in [1.82, 2.24) is 9.97 Å². The highest BCUT2D eigenvalue weighted by Crippen LogP contribution is 2.57. The van der Waals surface area contributed by atoms with E-state index >= 15 is 0 Å². The van der Waals surface area contributed by atoms with Crippen LogP contribution < -0.4 is 0 Å². The van der Waals surface area contributed by atoms with E-state index in [-0.39, 0.29) is 0 Å². The molecular formula is C49H30N4. The van der Waals surface area contributed by atoms with Crippen LogP contribution in [0.2, 0.25) is 0 Å². The predicted molar refractivity (Wildman–Crippen MR) is 212 cm³/mol. The highest BCUT2D eigenvalue weighted by molar-refractivity contribution is 5.90. The maximum Gasteiger partial charge on any atom is 0.205 e. The number of fused-ring (bicyclic) bond motifs is 3. The number of nitriles is 1. The first-order valence-corrected chi connectivity index (χ1v) is 17.5. The van der Waals surface area contributed by atoms with E-state index in [4.69, 9.17) is 6.57 Å². The molecule has 0 atom stereocenters. The molecule has 0 saturated heterocycles. The summed E-state index contributed by atoms with van der Waals surface area (Å²) < 4.78 is 0. The van der Waals surface area contributed by atoms with E-state index in [0.29, 0.717) is 11.3 Å². The number of pyridine rings is 2. The Morgan fingerprint density at radius 3 is 1.36 bits per heavy atom. The Morgan fingerprint density at radius 1 is 0.453 bits per heavy atom. The summed E-state index contributed by atoms with van der Waals surface area (Å²) in [5.41, 5.74) is 16.3. The zero-order valence-corrected chi connectivity index (χ0v) is 28.6. The van der Waals surface area contributed by atoms with Gasteiger partial charge in [0.25, 0.3) is 0 Å². The second kappa shape index (κ2) is 13.1. The standard InChI is InChI=1S/C49H30N4/c1-51-44-25-41(31-53-32-44)37-18-14-35(15-19-37)39-21-23-46-45-22-20-38(34-12-16-36(17-13-34)40-24-33(28-50)29-52-30-40)26-47(45)49(48(46)27-39,42-8-4-2-5-9-42)43-10-6-3-7-11-43/h2-27,29-32H. The highest BCUT2D eigenvalue weighted by atomic mass is 14.7. The normalized spacial score (nSPS) is 12.3. The molecule has 4 heteroatoms. The van der Waals surface area contributed by atoms with Crippen molar-refractivity contribution in [1.29, 1.82) is 5.26 Å². The Hall–Kier alpha value is -7.40. The van der Waals surface area contributed by atoms with E-state index in [0.717, 1.165) is 44.5 Å². The minimum atomic E-state index is -0.561. The Labute approximate surface area is 308 Å². The summed E-state index contributed by atoms with van der Waals surface area (Å²) in [6.45, 7) is 7.39. The van der Waals surface area contributed by atoms with E-state index < -0.39 is 5.41 Å². The zero-order chi connectivity index (χ0) is 35.8. The molecule has 0 N–H and O–H groups in total. The van der Waals surface area contributed by atoms with E-state index in [1.807, 2.05) is 12.1 Å². The topological polar surface area (TPSA) is 53.9 Å². The molecule has 2 aromatic heterocycles. The van der Waals surface area contributed by atoms with Crippen molar-refractivity contribution in [2.75, 3.05) is 0 Å². The third-order valence-electron chi connectivity index (χ3n) is 10.4. The van der Waals surface area contributed by atoms with Gasteiger partial charge in [0.15, 0.2) is 0 Å². The van der Waals surface area contributed by atoms with Crippen LogP contribution in [0.3, 0.4) is 0 Å². The molecule has 9 rings (SSSR count). The van der Waals surface area contributed by atoms with Gasteiger partial charge < -0.3 is 0 Å². The predicted octanol–water partition coefficient (Wildman–Crippen LogP) is 11.9. The molecule has 1 aliphatic carbocycles. The van der Waals surface area contributed by atoms with E-state index in [1.54, 1.807) is 24.8 Å². The summed E-state index contributed by atoms with van der Waals surface area (Å²) in [6.07, 6.45) is 6.78. The summed E-state index contributed by atoms with van der Waals surface area (Å²) in [5.74, 6) is 0. The number of rotatable bonds is 6. The third kappa shape index (κ3) is 5.38. The number of aromatic nitrogens is 2. The summed E-state index contributed by atoms with van der Waals surface area (Å²) in [5, 5.41) is 9.39. The van der Waals surface area contributed by atoms with Crippen molar-refractivity contribution in [2.45, 2.75) is 5.41 Å². The van der Waals surface area contributed by atoms with Crippen LogP contribution in [0, 0.1) is 17.9 Å². The molecule has 2 heterocycles. The van der Waals surface area contributed by atoms with Gasteiger partial charge in [0.2, 0.25) is 5.69 Å². The largest absolute Gasteiger partial charge is 0.276 e. The van der Waals surface area contributed by atoms with Crippen LogP contribution in [-0.2, 0) is 5.41 Å². The van der Waals surface area contributed by atoms with Crippen molar-refractivity contribution in [2.24, 2.45) is 0 Å². The Kier molecular flexibility index (Phi) is 7.77. The van der Waals surface area contributed by atoms with Gasteiger partial charge in [-0.25, -0.2) is 4.85 Å². The van der Waals surface area contributed by atoms with Crippen LogP contribution >= 0.6 is 0 Å². The van der Waals surface area contributed by atoms with Gasteiger partial charge in [-0.05, 0) is 96.6 Å². The molecule has 53 heavy (non-hydrogen) atoms. The van der Waals surface area contributed by atoms with Crippen LogP contribution in [0.4, 0.5) is 5.69 Å². The third-order valence-corrected chi connectivity index (χ3v) is 10.4. The smallest absolute Gasteiger partial charge is 0.205 e. The summed E-state index contributed by atoms with van der Waals surface area (Å²) in [7, 11) is 0. The first-order valence-electron chi connectivity index (χ1n) is 17.5. The molecule has 8 aromatic rings. The average Bonchev–Trinajstić information content (AvgIpc) is 3.54. The molecule has 0 spiro atoms. The monoisotopic (exact) mass is 674 g/mol. The Balaban J connectivity index is 1.19. The number of hydrogen-bond acceptors (Lipinski definition) is 3. The molecule has 0 fully saturated rings. The van der Waals surface area contributed by atoms with Gasteiger partial charge in [-0.2, -0.15) is 5.26 Å². The number of nitrogens with zero attached hydrogens (tertiary/aromatic N) is 4. The summed E-state index contributed by atoms with van der Waals surface area (Å²) in [4.78, 5) is 12.1. The molecule has 246 valence electrons. The molecule has 1 aliphatic rings. The summed E-state index contributed by atoms with van der Waals surface area (Å²) >= 11 is 0. The highest BCUT2D eigenvalue weighted by Gasteiger charge is 2.46. The minimum absolute atomic E-state index is 0.531. The fourth-order valence-corrected chi connectivity index (χ4v) is 7.86. The van der Waals surface area contributed by atoms with E-state index in [9.17, 15) is 5.26 Å². The molecule has 0 bridgehead atoms. The maximum atomic E-state index is 9.39. The summed E-state index contributed by atoms with van der Waals surface area (Å²) in [6, 6.07) is 58.5. The van der Waals surface area contributed by atoms with Gasteiger partial charge in [-0.3, -0.25) is 9.97 Å². The SMILES string of the molecule is [C-]#[N+]c1cncc(-c2ccc(-c3ccc4c(c3)C(c3ccccc3)(c3ccccc3)c3cc(-c5ccc(-c6cncc(C#N)c6)cc5)ccc3-4)cc2)c1. The van der Waals surface area contributed by atoms with E-state index in [2.05, 4.69) is 166 Å². The molecule has 4 nitrogen and oxygen atoms in total. The van der Waals surface area contributed by atoms with Crippen LogP contribution in [0.25, 0.3) is 60.5 Å². The molecule has 0 unspecified atom stereocenters. The molecule has 0 aliphatic heterocycles. The van der Waals surface area contributed by atoms with Gasteiger partial charge in [0.05, 0.1) is 17.6 Å². The lowest BCUT2D eigenvalue weighted by Crippen LogP contribution is -2.28. The molecule has 0 radical (unpaired) electrons. The van der Waals surface area contributed by atoms with Crippen LogP contribution in [-0.4, -0.2) is 9.97 Å². The lowest BCUT2D eigenvalue weighted by Gasteiger charge is -2.34. The van der Waals surface area contributed by atoms with Crippen LogP contribution in [0.1, 0.15) is 27.8 Å². The molecule has 0 saturated carbocycles. The van der Waals surface area contributed by atoms with Crippen LogP contribution in [0.5, 0.6) is 0 Å². The van der Waals surface area contributed by atoms with Crippen molar-refractivity contribution in [3.8, 4) is 61.7 Å². The minimum Gasteiger partial charge on any atom is -0.276 e. The van der Waals surface area contributed by atoms with Crippen molar-refractivity contribution >= 4 is 5.69 Å². The van der Waals surface area contributed by atoms with Crippen molar-refractivity contribution in [3.63, 3.8) is 0 Å². The maximum absolute atomic E-state index is 9.39. The quantitative estimate of drug-likeness (QED) is 0.165. The number of hydrogen-bond donors (Lipinski definition) is 0. The first kappa shape index (κ1) is 31.6. The van der Waals surface area contributed by atoms with E-state index in [1.165, 1.54) is 33.4 Å². The molecule has 0 amide bonds. The van der Waals surface area contributed by atoms with Gasteiger partial charge in [-0.15, -0.1) is 0 Å². The van der Waals surface area contributed by atoms with Gasteiger partial charge in [-0.1, -0.05) is 133 Å². The van der Waals surface area contributed by atoms with Crippen LogP contribution in [0.15, 0.2) is 183 Å². The second-order valence-corrected chi connectivity index (χ2v) is 13.3. The molecular weight excluding hydrogens is 645 g/mol. The molecule has 6 aromatic carbocycles. The van der Waals surface area contributed by atoms with Crippen molar-refractivity contribution < 1.29 is 0 Å². The second-order valence-electron chi connectivity index (χ2n) is 13.3. The zero-order valence-electron chi connectivity index (χ0n) is 28.6. The first-order chi connectivity index (χ1) is 26.1. The fraction of sp³-hybridized carbons (Fsp3) is 0.0204. The Morgan fingerprint density at radius 2 is 0.887 bits per heavy atom. The number of benzene rings is 6. The Bertz CT molecular complexity index is 2530. The lowest BCUT2D eigenvalue weighted by molar-refractivity contribution is 0.769. The van der Waals surface area contributed by atoms with Gasteiger partial charge in [0, 0.05) is 30.4 Å². The average molecular weight is 675 g/mol. The fourth-order valence-electron chi connectivity index (χ4n) is 7.86. The lowest BCUT2D eigenvalue weighted by atomic mass is 9.67. The van der Waals surface area contributed by atoms with Gasteiger partial charge in [0.1, 0.15) is 6.07 Å². The van der Waals surface area contributed by atoms with Gasteiger partial charge >= 0.3 is 0 Å². The van der Waals surface area contributed by atoms with Crippen molar-refractivity contribution in [3.05, 3.63) is 222 Å².